The lowest BCUT2D eigenvalue weighted by molar-refractivity contribution is -0.0108. The molecule has 0 saturated heterocycles. The van der Waals surface area contributed by atoms with E-state index < -0.39 is 24.1 Å². The number of hydrogen-bond donors (Lipinski definition) is 3. The van der Waals surface area contributed by atoms with Crippen molar-refractivity contribution >= 4 is 23.9 Å². The summed E-state index contributed by atoms with van der Waals surface area (Å²) in [5, 5.41) is 10.5. The zero-order valence-electron chi connectivity index (χ0n) is 11.8. The van der Waals surface area contributed by atoms with E-state index in [1.165, 1.54) is 12.1 Å². The molecular weight excluding hydrogens is 290 g/mol. The number of hydrogen-bond acceptors (Lipinski definition) is 4. The molecule has 0 aromatic heterocycles. The summed E-state index contributed by atoms with van der Waals surface area (Å²) in [6.07, 6.45) is -2.41. The van der Waals surface area contributed by atoms with Crippen molar-refractivity contribution < 1.29 is 19.5 Å². The van der Waals surface area contributed by atoms with Crippen LogP contribution in [0.25, 0.3) is 0 Å². The summed E-state index contributed by atoms with van der Waals surface area (Å²) >= 11 is 0. The zero-order chi connectivity index (χ0) is 16.4. The van der Waals surface area contributed by atoms with E-state index in [-0.39, 0.29) is 23.5 Å². The Morgan fingerprint density at radius 3 is 2.14 bits per heavy atom. The summed E-state index contributed by atoms with van der Waals surface area (Å²) in [6, 6.07) is 6.09. The molecule has 1 aromatic carbocycles. The number of carbonyl (C=O) groups is 3. The highest BCUT2D eigenvalue weighted by atomic mass is 16.4. The molecule has 2 rings (SSSR count). The maximum Gasteiger partial charge on any atom is 0.428 e. The largest absolute Gasteiger partial charge is 0.464 e. The van der Waals surface area contributed by atoms with Crippen molar-refractivity contribution in [2.45, 2.75) is 19.5 Å². The number of imide groups is 1. The Hall–Kier alpha value is -3.10. The second-order valence-corrected chi connectivity index (χ2v) is 4.54. The van der Waals surface area contributed by atoms with E-state index in [0.717, 1.165) is 0 Å². The molecule has 0 saturated carbocycles. The molecule has 22 heavy (non-hydrogen) atoms. The number of guanidine groups is 1. The lowest BCUT2D eigenvalue weighted by Gasteiger charge is -2.31. The van der Waals surface area contributed by atoms with Gasteiger partial charge in [-0.15, -0.1) is 0 Å². The summed E-state index contributed by atoms with van der Waals surface area (Å²) < 4.78 is 0. The van der Waals surface area contributed by atoms with Gasteiger partial charge in [-0.1, -0.05) is 19.1 Å². The molecule has 1 aliphatic heterocycles. The van der Waals surface area contributed by atoms with Gasteiger partial charge in [0.15, 0.2) is 12.1 Å². The fourth-order valence-corrected chi connectivity index (χ4v) is 2.21. The van der Waals surface area contributed by atoms with Gasteiger partial charge in [0.1, 0.15) is 0 Å². The maximum absolute atomic E-state index is 12.3. The van der Waals surface area contributed by atoms with Gasteiger partial charge in [0.05, 0.1) is 11.1 Å². The lowest BCUT2D eigenvalue weighted by Crippen LogP contribution is -2.54. The van der Waals surface area contributed by atoms with Crippen molar-refractivity contribution in [3.63, 3.8) is 0 Å². The van der Waals surface area contributed by atoms with Crippen molar-refractivity contribution in [2.75, 3.05) is 0 Å². The molecule has 3 amide bonds. The van der Waals surface area contributed by atoms with E-state index in [2.05, 4.69) is 4.99 Å². The first-order valence-corrected chi connectivity index (χ1v) is 6.47. The second-order valence-electron chi connectivity index (χ2n) is 4.54. The SMILES string of the molecule is CCC(N=C(N)N)N(C(=O)O)N1C(=O)c2ccccc2C1=O. The van der Waals surface area contributed by atoms with Gasteiger partial charge < -0.3 is 16.6 Å². The molecule has 1 atom stereocenters. The molecule has 0 spiro atoms. The third-order valence-corrected chi connectivity index (χ3v) is 3.13. The average molecular weight is 305 g/mol. The Kier molecular flexibility index (Phi) is 3.97. The minimum atomic E-state index is -1.51. The Balaban J connectivity index is 2.47. The molecule has 0 bridgehead atoms. The van der Waals surface area contributed by atoms with E-state index in [9.17, 15) is 19.5 Å². The number of carboxylic acid groups (broad SMARTS) is 1. The molecule has 0 radical (unpaired) electrons. The molecular formula is C13H15N5O4. The van der Waals surface area contributed by atoms with Crippen LogP contribution in [0, 0.1) is 0 Å². The molecule has 9 heteroatoms. The Morgan fingerprint density at radius 1 is 1.27 bits per heavy atom. The lowest BCUT2D eigenvalue weighted by atomic mass is 10.1. The number of rotatable bonds is 4. The highest BCUT2D eigenvalue weighted by Gasteiger charge is 2.43. The Bertz CT molecular complexity index is 633. The third kappa shape index (κ3) is 2.43. The van der Waals surface area contributed by atoms with Crippen LogP contribution in [0.15, 0.2) is 29.3 Å². The predicted molar refractivity (Wildman–Crippen MR) is 76.7 cm³/mol. The normalized spacial score (nSPS) is 14.5. The van der Waals surface area contributed by atoms with Gasteiger partial charge in [-0.05, 0) is 18.6 Å². The van der Waals surface area contributed by atoms with Crippen LogP contribution >= 0.6 is 0 Å². The Labute approximate surface area is 125 Å². The molecule has 1 aromatic rings. The first kappa shape index (κ1) is 15.3. The van der Waals surface area contributed by atoms with Crippen LogP contribution in [-0.2, 0) is 0 Å². The summed E-state index contributed by atoms with van der Waals surface area (Å²) in [7, 11) is 0. The molecule has 5 N–H and O–H groups in total. The van der Waals surface area contributed by atoms with E-state index in [1.54, 1.807) is 19.1 Å². The third-order valence-electron chi connectivity index (χ3n) is 3.13. The van der Waals surface area contributed by atoms with Gasteiger partial charge in [-0.3, -0.25) is 9.59 Å². The fourth-order valence-electron chi connectivity index (χ4n) is 2.21. The first-order valence-electron chi connectivity index (χ1n) is 6.47. The number of amides is 3. The predicted octanol–water partition coefficient (Wildman–Crippen LogP) is 0.187. The summed E-state index contributed by atoms with van der Waals surface area (Å²) in [5.41, 5.74) is 10.8. The van der Waals surface area contributed by atoms with E-state index >= 15 is 0 Å². The summed E-state index contributed by atoms with van der Waals surface area (Å²) in [4.78, 5) is 40.0. The van der Waals surface area contributed by atoms with Gasteiger partial charge in [-0.2, -0.15) is 10.0 Å². The number of fused-ring (bicyclic) bond motifs is 1. The standard InChI is InChI=1S/C13H15N5O4/c1-2-9(16-12(14)15)17(13(21)22)18-10(19)7-5-3-4-6-8(7)11(18)20/h3-6,9H,2H2,1H3,(H,21,22)(H4,14,15,16). The quantitative estimate of drug-likeness (QED) is 0.411. The van der Waals surface area contributed by atoms with Crippen molar-refractivity contribution in [3.8, 4) is 0 Å². The van der Waals surface area contributed by atoms with Gasteiger partial charge in [0, 0.05) is 0 Å². The molecule has 9 nitrogen and oxygen atoms in total. The van der Waals surface area contributed by atoms with Crippen molar-refractivity contribution in [1.82, 2.24) is 10.0 Å². The molecule has 1 heterocycles. The van der Waals surface area contributed by atoms with Crippen LogP contribution in [0.1, 0.15) is 34.1 Å². The van der Waals surface area contributed by atoms with Crippen LogP contribution in [0.2, 0.25) is 0 Å². The highest BCUT2D eigenvalue weighted by Crippen LogP contribution is 2.26. The topological polar surface area (TPSA) is 142 Å². The number of benzene rings is 1. The number of nitrogens with two attached hydrogens (primary N) is 2. The Morgan fingerprint density at radius 2 is 1.77 bits per heavy atom. The summed E-state index contributed by atoms with van der Waals surface area (Å²) in [6.45, 7) is 1.63. The monoisotopic (exact) mass is 305 g/mol. The molecule has 116 valence electrons. The molecule has 0 aliphatic carbocycles. The van der Waals surface area contributed by atoms with Crippen molar-refractivity contribution in [3.05, 3.63) is 35.4 Å². The molecule has 1 aliphatic rings. The zero-order valence-corrected chi connectivity index (χ0v) is 11.8. The first-order chi connectivity index (χ1) is 10.4. The minimum Gasteiger partial charge on any atom is -0.464 e. The maximum atomic E-state index is 12.3. The number of hydrazine groups is 1. The van der Waals surface area contributed by atoms with Gasteiger partial charge in [-0.25, -0.2) is 9.79 Å². The number of nitrogens with zero attached hydrogens (tertiary/aromatic N) is 3. The highest BCUT2D eigenvalue weighted by molar-refractivity contribution is 6.21. The second kappa shape index (κ2) is 5.72. The van der Waals surface area contributed by atoms with Crippen LogP contribution in [-0.4, -0.2) is 45.2 Å². The van der Waals surface area contributed by atoms with Crippen LogP contribution in [0.4, 0.5) is 4.79 Å². The van der Waals surface area contributed by atoms with E-state index in [0.29, 0.717) is 10.0 Å². The van der Waals surface area contributed by atoms with Crippen LogP contribution in [0.3, 0.4) is 0 Å². The van der Waals surface area contributed by atoms with Gasteiger partial charge >= 0.3 is 6.09 Å². The number of aliphatic imine (C=N–C) groups is 1. The number of carbonyl (C=O) groups excluding carboxylic acids is 2. The smallest absolute Gasteiger partial charge is 0.428 e. The molecule has 0 fully saturated rings. The van der Waals surface area contributed by atoms with Crippen molar-refractivity contribution in [1.29, 1.82) is 0 Å². The fraction of sp³-hybridized carbons (Fsp3) is 0.231. The van der Waals surface area contributed by atoms with Gasteiger partial charge in [0.2, 0.25) is 0 Å². The van der Waals surface area contributed by atoms with E-state index in [1.807, 2.05) is 0 Å². The van der Waals surface area contributed by atoms with E-state index in [4.69, 9.17) is 11.5 Å². The van der Waals surface area contributed by atoms with Gasteiger partial charge in [0.25, 0.3) is 11.8 Å². The van der Waals surface area contributed by atoms with Crippen LogP contribution in [0.5, 0.6) is 0 Å². The van der Waals surface area contributed by atoms with Crippen LogP contribution < -0.4 is 11.5 Å². The average Bonchev–Trinajstić information content (AvgIpc) is 2.71. The summed E-state index contributed by atoms with van der Waals surface area (Å²) in [5.74, 6) is -1.80. The van der Waals surface area contributed by atoms with Crippen molar-refractivity contribution in [2.24, 2.45) is 16.5 Å². The minimum absolute atomic E-state index is 0.137. The molecule has 1 unspecified atom stereocenters.